The van der Waals surface area contributed by atoms with E-state index in [2.05, 4.69) is 129 Å². The Labute approximate surface area is 397 Å². The molecule has 0 aliphatic rings. The summed E-state index contributed by atoms with van der Waals surface area (Å²) in [5, 5.41) is 23.0. The lowest BCUT2D eigenvalue weighted by Crippen LogP contribution is -2.45. The van der Waals surface area contributed by atoms with Crippen molar-refractivity contribution in [3.05, 3.63) is 122 Å². The number of unbranched alkanes of at least 4 members (excludes halogenated alkanes) is 22. The first-order valence-electron chi connectivity index (χ1n) is 26.7. The Kier molecular flexibility index (Phi) is 51.4. The topological polar surface area (TPSA) is 69.6 Å². The Morgan fingerprint density at radius 3 is 1.03 bits per heavy atom. The third kappa shape index (κ3) is 49.8. The zero-order valence-electron chi connectivity index (χ0n) is 41.8. The maximum absolute atomic E-state index is 12.4. The van der Waals surface area contributed by atoms with E-state index in [0.29, 0.717) is 6.42 Å². The number of hydrogen-bond donors (Lipinski definition) is 3. The van der Waals surface area contributed by atoms with E-state index in [9.17, 15) is 15.0 Å². The van der Waals surface area contributed by atoms with Crippen LogP contribution in [0.5, 0.6) is 0 Å². The normalized spacial score (nSPS) is 13.9. The summed E-state index contributed by atoms with van der Waals surface area (Å²) >= 11 is 0. The van der Waals surface area contributed by atoms with Crippen molar-refractivity contribution >= 4 is 5.91 Å². The van der Waals surface area contributed by atoms with E-state index in [1.807, 2.05) is 6.08 Å². The second-order valence-electron chi connectivity index (χ2n) is 17.6. The fraction of sp³-hybridized carbons (Fsp3) is 0.650. The highest BCUT2D eigenvalue weighted by molar-refractivity contribution is 5.76. The average Bonchev–Trinajstić information content (AvgIpc) is 3.30. The first-order valence-corrected chi connectivity index (χ1v) is 26.7. The predicted octanol–water partition coefficient (Wildman–Crippen LogP) is 17.7. The first kappa shape index (κ1) is 60.8. The lowest BCUT2D eigenvalue weighted by Gasteiger charge is -2.20. The quantitative estimate of drug-likeness (QED) is 0.0421. The van der Waals surface area contributed by atoms with Gasteiger partial charge < -0.3 is 15.5 Å². The second kappa shape index (κ2) is 54.1. The Hall–Kier alpha value is -3.21. The van der Waals surface area contributed by atoms with Gasteiger partial charge >= 0.3 is 0 Å². The molecule has 0 saturated heterocycles. The Morgan fingerprint density at radius 1 is 0.391 bits per heavy atom. The molecule has 3 N–H and O–H groups in total. The van der Waals surface area contributed by atoms with Crippen LogP contribution in [-0.4, -0.2) is 34.9 Å². The van der Waals surface area contributed by atoms with E-state index >= 15 is 0 Å². The van der Waals surface area contributed by atoms with Crippen molar-refractivity contribution in [3.63, 3.8) is 0 Å². The number of hydrogen-bond acceptors (Lipinski definition) is 3. The predicted molar refractivity (Wildman–Crippen MR) is 285 cm³/mol. The molecule has 0 aromatic heterocycles. The van der Waals surface area contributed by atoms with Crippen molar-refractivity contribution in [3.8, 4) is 0 Å². The van der Waals surface area contributed by atoms with Gasteiger partial charge in [-0.3, -0.25) is 4.79 Å². The molecule has 0 aliphatic carbocycles. The van der Waals surface area contributed by atoms with E-state index < -0.39 is 12.1 Å². The number of aliphatic hydroxyl groups excluding tert-OH is 2. The van der Waals surface area contributed by atoms with Gasteiger partial charge in [-0.25, -0.2) is 0 Å². The maximum Gasteiger partial charge on any atom is 0.220 e. The molecule has 2 atom stereocenters. The smallest absolute Gasteiger partial charge is 0.220 e. The third-order valence-electron chi connectivity index (χ3n) is 11.5. The number of amides is 1. The van der Waals surface area contributed by atoms with Crippen LogP contribution in [0.25, 0.3) is 0 Å². The van der Waals surface area contributed by atoms with Crippen LogP contribution in [0.2, 0.25) is 0 Å². The Bertz CT molecular complexity index is 1280. The van der Waals surface area contributed by atoms with Gasteiger partial charge in [0.05, 0.1) is 18.8 Å². The molecule has 2 unspecified atom stereocenters. The zero-order valence-corrected chi connectivity index (χ0v) is 41.8. The van der Waals surface area contributed by atoms with E-state index in [1.165, 1.54) is 128 Å². The van der Waals surface area contributed by atoms with Crippen molar-refractivity contribution in [2.75, 3.05) is 6.61 Å². The fourth-order valence-corrected chi connectivity index (χ4v) is 7.41. The van der Waals surface area contributed by atoms with Crippen LogP contribution in [0.15, 0.2) is 122 Å². The summed E-state index contributed by atoms with van der Waals surface area (Å²) in [6.45, 7) is 4.18. The van der Waals surface area contributed by atoms with Gasteiger partial charge in [-0.2, -0.15) is 0 Å². The van der Waals surface area contributed by atoms with Gasteiger partial charge in [0.2, 0.25) is 5.91 Å². The number of aliphatic hydroxyl groups is 2. The van der Waals surface area contributed by atoms with Crippen LogP contribution in [0.1, 0.15) is 232 Å². The van der Waals surface area contributed by atoms with Crippen LogP contribution in [0.4, 0.5) is 0 Å². The highest BCUT2D eigenvalue weighted by Gasteiger charge is 2.18. The van der Waals surface area contributed by atoms with Crippen molar-refractivity contribution in [2.45, 2.75) is 244 Å². The van der Waals surface area contributed by atoms with E-state index in [1.54, 1.807) is 6.08 Å². The molecule has 64 heavy (non-hydrogen) atoms. The second-order valence-corrected chi connectivity index (χ2v) is 17.6. The summed E-state index contributed by atoms with van der Waals surface area (Å²) in [5.74, 6) is -0.0726. The number of carbonyl (C=O) groups is 1. The molecule has 0 rings (SSSR count). The summed E-state index contributed by atoms with van der Waals surface area (Å²) in [6, 6.07) is -0.630. The average molecular weight is 884 g/mol. The molecule has 0 fully saturated rings. The van der Waals surface area contributed by atoms with Crippen LogP contribution >= 0.6 is 0 Å². The molecule has 0 bridgehead atoms. The molecule has 0 aromatic carbocycles. The summed E-state index contributed by atoms with van der Waals surface area (Å²) in [4.78, 5) is 12.4. The minimum Gasteiger partial charge on any atom is -0.394 e. The van der Waals surface area contributed by atoms with Crippen molar-refractivity contribution in [1.82, 2.24) is 5.32 Å². The highest BCUT2D eigenvalue weighted by atomic mass is 16.3. The lowest BCUT2D eigenvalue weighted by molar-refractivity contribution is -0.123. The number of carbonyl (C=O) groups excluding carboxylic acids is 1. The van der Waals surface area contributed by atoms with E-state index in [0.717, 1.165) is 83.5 Å². The van der Waals surface area contributed by atoms with Crippen LogP contribution in [0, 0.1) is 0 Å². The van der Waals surface area contributed by atoms with E-state index in [4.69, 9.17) is 0 Å². The minimum atomic E-state index is -0.846. The molecule has 4 nitrogen and oxygen atoms in total. The van der Waals surface area contributed by atoms with Gasteiger partial charge in [-0.1, -0.05) is 257 Å². The van der Waals surface area contributed by atoms with Crippen LogP contribution in [-0.2, 0) is 4.79 Å². The molecule has 0 spiro atoms. The van der Waals surface area contributed by atoms with Gasteiger partial charge in [0, 0.05) is 6.42 Å². The van der Waals surface area contributed by atoms with Gasteiger partial charge in [0.25, 0.3) is 0 Å². The first-order chi connectivity index (χ1) is 31.7. The number of allylic oxidation sites excluding steroid dienone is 19. The molecule has 1 amide bonds. The molecule has 4 heteroatoms. The van der Waals surface area contributed by atoms with Gasteiger partial charge in [-0.15, -0.1) is 0 Å². The minimum absolute atomic E-state index is 0.0726. The molecule has 0 heterocycles. The molecule has 0 radical (unpaired) electrons. The maximum atomic E-state index is 12.4. The largest absolute Gasteiger partial charge is 0.394 e. The Balaban J connectivity index is 3.59. The number of nitrogens with one attached hydrogen (secondary N) is 1. The third-order valence-corrected chi connectivity index (χ3v) is 11.5. The molecule has 0 saturated carbocycles. The Morgan fingerprint density at radius 2 is 0.688 bits per heavy atom. The monoisotopic (exact) mass is 884 g/mol. The van der Waals surface area contributed by atoms with Crippen molar-refractivity contribution in [1.29, 1.82) is 0 Å². The van der Waals surface area contributed by atoms with Crippen molar-refractivity contribution in [2.24, 2.45) is 0 Å². The summed E-state index contributed by atoms with van der Waals surface area (Å²) in [7, 11) is 0. The molecule has 0 aliphatic heterocycles. The molecule has 0 aromatic rings. The molecule has 364 valence electrons. The summed E-state index contributed by atoms with van der Waals surface area (Å²) in [5.41, 5.74) is 0. The molecular formula is C60H101NO3. The highest BCUT2D eigenvalue weighted by Crippen LogP contribution is 2.14. The fourth-order valence-electron chi connectivity index (χ4n) is 7.41. The number of rotatable bonds is 47. The summed E-state index contributed by atoms with van der Waals surface area (Å²) in [6.07, 6.45) is 83.4. The standard InChI is InChI=1S/C60H101NO3/c1-3-5-7-9-11-13-15-17-18-19-20-21-22-23-24-25-26-27-28-29-30-31-32-33-34-35-36-37-38-39-40-41-42-44-46-48-50-52-54-56-60(64)61-58(57-62)59(63)55-53-51-49-47-45-43-16-14-12-10-8-6-4-2/h5,7,11,13,17-18,20-21,23-24,26-27,29-30,32-33,35-36,53,55,58-59,62-63H,3-4,6,8-10,12,14-16,19,22,25,28,31,34,37-52,54,56-57H2,1-2H3,(H,61,64)/b7-5-,13-11-,18-17-,21-20-,24-23-,27-26-,30-29-,33-32-,36-35-,55-53+. The van der Waals surface area contributed by atoms with Gasteiger partial charge in [0.15, 0.2) is 0 Å². The zero-order chi connectivity index (χ0) is 46.3. The van der Waals surface area contributed by atoms with Gasteiger partial charge in [0.1, 0.15) is 0 Å². The van der Waals surface area contributed by atoms with Gasteiger partial charge in [-0.05, 0) is 89.9 Å². The summed E-state index contributed by atoms with van der Waals surface area (Å²) < 4.78 is 0. The molecular weight excluding hydrogens is 783 g/mol. The lowest BCUT2D eigenvalue weighted by atomic mass is 10.0. The van der Waals surface area contributed by atoms with Crippen LogP contribution < -0.4 is 5.32 Å². The van der Waals surface area contributed by atoms with Crippen molar-refractivity contribution < 1.29 is 15.0 Å². The van der Waals surface area contributed by atoms with Crippen LogP contribution in [0.3, 0.4) is 0 Å². The SMILES string of the molecule is CC/C=C\C/C=C\C/C=C\C/C=C\C/C=C\C/C=C\C/C=C\C/C=C\C/C=C\CCCCCCCCCCCCCC(=O)NC(CO)C(O)/C=C/CCCCCCCCCCCCC. The van der Waals surface area contributed by atoms with E-state index in [-0.39, 0.29) is 12.5 Å².